The maximum atomic E-state index is 12.5. The SMILES string of the molecule is Cc1cc2cc(NS(=O)(=O)N3CCCCCC3)ccc2nc1O. The van der Waals surface area contributed by atoms with E-state index in [0.717, 1.165) is 31.1 Å². The van der Waals surface area contributed by atoms with Crippen molar-refractivity contribution in [1.82, 2.24) is 9.29 Å². The van der Waals surface area contributed by atoms with Crippen molar-refractivity contribution >= 4 is 26.8 Å². The lowest BCUT2D eigenvalue weighted by atomic mass is 10.1. The first-order valence-corrected chi connectivity index (χ1v) is 9.28. The van der Waals surface area contributed by atoms with Gasteiger partial charge in [0.25, 0.3) is 0 Å². The summed E-state index contributed by atoms with van der Waals surface area (Å²) >= 11 is 0. The van der Waals surface area contributed by atoms with Crippen LogP contribution < -0.4 is 4.72 Å². The third kappa shape index (κ3) is 3.56. The molecule has 6 nitrogen and oxygen atoms in total. The van der Waals surface area contributed by atoms with Crippen LogP contribution in [0, 0.1) is 6.92 Å². The predicted molar refractivity (Wildman–Crippen MR) is 90.7 cm³/mol. The van der Waals surface area contributed by atoms with Crippen LogP contribution in [0.2, 0.25) is 0 Å². The third-order valence-corrected chi connectivity index (χ3v) is 5.67. The van der Waals surface area contributed by atoms with Gasteiger partial charge in [0.1, 0.15) is 0 Å². The molecule has 0 saturated carbocycles. The van der Waals surface area contributed by atoms with E-state index in [9.17, 15) is 13.5 Å². The quantitative estimate of drug-likeness (QED) is 0.903. The van der Waals surface area contributed by atoms with Gasteiger partial charge in [-0.05, 0) is 44.0 Å². The molecule has 1 aromatic carbocycles. The Bertz CT molecular complexity index is 813. The van der Waals surface area contributed by atoms with E-state index in [2.05, 4.69) is 9.71 Å². The molecular weight excluding hydrogens is 314 g/mol. The summed E-state index contributed by atoms with van der Waals surface area (Å²) in [5.74, 6) is -0.00426. The zero-order valence-electron chi connectivity index (χ0n) is 13.1. The summed E-state index contributed by atoms with van der Waals surface area (Å²) in [5.41, 5.74) is 1.80. The molecule has 1 fully saturated rings. The molecule has 2 heterocycles. The fourth-order valence-corrected chi connectivity index (χ4v) is 4.12. The number of aromatic hydroxyl groups is 1. The summed E-state index contributed by atoms with van der Waals surface area (Å²) in [6.45, 7) is 2.89. The van der Waals surface area contributed by atoms with Crippen LogP contribution in [-0.4, -0.2) is 35.9 Å². The smallest absolute Gasteiger partial charge is 0.301 e. The van der Waals surface area contributed by atoms with E-state index in [4.69, 9.17) is 0 Å². The van der Waals surface area contributed by atoms with Crippen LogP contribution in [0.3, 0.4) is 0 Å². The molecule has 0 radical (unpaired) electrons. The van der Waals surface area contributed by atoms with Crippen molar-refractivity contribution < 1.29 is 13.5 Å². The van der Waals surface area contributed by atoms with E-state index in [-0.39, 0.29) is 5.88 Å². The first kappa shape index (κ1) is 16.0. The van der Waals surface area contributed by atoms with Gasteiger partial charge in [0.05, 0.1) is 11.2 Å². The number of nitrogens with one attached hydrogen (secondary N) is 1. The van der Waals surface area contributed by atoms with Gasteiger partial charge < -0.3 is 5.11 Å². The second-order valence-electron chi connectivity index (χ2n) is 5.96. The van der Waals surface area contributed by atoms with Crippen LogP contribution in [0.4, 0.5) is 5.69 Å². The largest absolute Gasteiger partial charge is 0.493 e. The van der Waals surface area contributed by atoms with E-state index in [1.807, 2.05) is 0 Å². The van der Waals surface area contributed by atoms with Crippen LogP contribution in [0.1, 0.15) is 31.2 Å². The Morgan fingerprint density at radius 2 is 1.83 bits per heavy atom. The molecule has 23 heavy (non-hydrogen) atoms. The lowest BCUT2D eigenvalue weighted by Crippen LogP contribution is -2.36. The van der Waals surface area contributed by atoms with Gasteiger partial charge in [0.15, 0.2) is 0 Å². The van der Waals surface area contributed by atoms with E-state index in [0.29, 0.717) is 29.9 Å². The van der Waals surface area contributed by atoms with Gasteiger partial charge in [-0.2, -0.15) is 12.7 Å². The summed E-state index contributed by atoms with van der Waals surface area (Å²) in [6.07, 6.45) is 3.97. The van der Waals surface area contributed by atoms with Gasteiger partial charge in [-0.3, -0.25) is 4.72 Å². The summed E-state index contributed by atoms with van der Waals surface area (Å²) in [4.78, 5) is 4.08. The highest BCUT2D eigenvalue weighted by atomic mass is 32.2. The highest BCUT2D eigenvalue weighted by Gasteiger charge is 2.22. The standard InChI is InChI=1S/C16H21N3O3S/c1-12-10-13-11-14(6-7-15(13)17-16(12)20)18-23(21,22)19-8-4-2-3-5-9-19/h6-7,10-11,18H,2-5,8-9H2,1H3,(H,17,20). The van der Waals surface area contributed by atoms with Crippen molar-refractivity contribution in [3.05, 3.63) is 29.8 Å². The van der Waals surface area contributed by atoms with Crippen molar-refractivity contribution in [3.8, 4) is 5.88 Å². The van der Waals surface area contributed by atoms with Crippen LogP contribution in [0.25, 0.3) is 10.9 Å². The molecular formula is C16H21N3O3S. The number of aromatic nitrogens is 1. The lowest BCUT2D eigenvalue weighted by Gasteiger charge is -2.20. The summed E-state index contributed by atoms with van der Waals surface area (Å²) < 4.78 is 29.2. The van der Waals surface area contributed by atoms with Gasteiger partial charge in [-0.25, -0.2) is 4.98 Å². The number of aryl methyl sites for hydroxylation is 1. The number of hydrogen-bond acceptors (Lipinski definition) is 4. The number of pyridine rings is 1. The van der Waals surface area contributed by atoms with Gasteiger partial charge in [-0.15, -0.1) is 0 Å². The van der Waals surface area contributed by atoms with Crippen molar-refractivity contribution in [2.24, 2.45) is 0 Å². The predicted octanol–water partition coefficient (Wildman–Crippen LogP) is 2.78. The Kier molecular flexibility index (Phi) is 4.41. The molecule has 1 aromatic heterocycles. The van der Waals surface area contributed by atoms with Gasteiger partial charge in [-0.1, -0.05) is 12.8 Å². The fourth-order valence-electron chi connectivity index (χ4n) is 2.83. The van der Waals surface area contributed by atoms with Crippen molar-refractivity contribution in [3.63, 3.8) is 0 Å². The van der Waals surface area contributed by atoms with Crippen molar-refractivity contribution in [2.45, 2.75) is 32.6 Å². The van der Waals surface area contributed by atoms with Crippen LogP contribution >= 0.6 is 0 Å². The Balaban J connectivity index is 1.86. The van der Waals surface area contributed by atoms with Gasteiger partial charge in [0.2, 0.25) is 5.88 Å². The first-order chi connectivity index (χ1) is 11.0. The number of benzene rings is 1. The molecule has 2 aromatic rings. The average molecular weight is 335 g/mol. The first-order valence-electron chi connectivity index (χ1n) is 7.84. The van der Waals surface area contributed by atoms with Crippen LogP contribution in [0.5, 0.6) is 5.88 Å². The van der Waals surface area contributed by atoms with Crippen molar-refractivity contribution in [2.75, 3.05) is 17.8 Å². The number of hydrogen-bond donors (Lipinski definition) is 2. The Morgan fingerprint density at radius 1 is 1.13 bits per heavy atom. The van der Waals surface area contributed by atoms with E-state index < -0.39 is 10.2 Å². The molecule has 1 saturated heterocycles. The second-order valence-corrected chi connectivity index (χ2v) is 7.63. The number of anilines is 1. The molecule has 0 amide bonds. The van der Waals surface area contributed by atoms with E-state index in [1.165, 1.54) is 4.31 Å². The molecule has 0 unspecified atom stereocenters. The van der Waals surface area contributed by atoms with Crippen LogP contribution in [-0.2, 0) is 10.2 Å². The minimum Gasteiger partial charge on any atom is -0.493 e. The molecule has 2 N–H and O–H groups in total. The van der Waals surface area contributed by atoms with E-state index in [1.54, 1.807) is 31.2 Å². The van der Waals surface area contributed by atoms with Crippen molar-refractivity contribution in [1.29, 1.82) is 0 Å². The molecule has 0 aliphatic carbocycles. The second kappa shape index (κ2) is 6.33. The van der Waals surface area contributed by atoms with Gasteiger partial charge in [0, 0.05) is 24.0 Å². The average Bonchev–Trinajstić information content (AvgIpc) is 2.78. The number of rotatable bonds is 3. The number of fused-ring (bicyclic) bond motifs is 1. The molecule has 0 bridgehead atoms. The zero-order valence-corrected chi connectivity index (χ0v) is 13.9. The lowest BCUT2D eigenvalue weighted by molar-refractivity contribution is 0.427. The van der Waals surface area contributed by atoms with E-state index >= 15 is 0 Å². The highest BCUT2D eigenvalue weighted by Crippen LogP contribution is 2.24. The topological polar surface area (TPSA) is 82.5 Å². The monoisotopic (exact) mass is 335 g/mol. The Hall–Kier alpha value is -1.86. The zero-order chi connectivity index (χ0) is 16.4. The normalized spacial score (nSPS) is 17.1. The Morgan fingerprint density at radius 3 is 2.52 bits per heavy atom. The highest BCUT2D eigenvalue weighted by molar-refractivity contribution is 7.90. The maximum Gasteiger partial charge on any atom is 0.301 e. The molecule has 1 aliphatic rings. The molecule has 124 valence electrons. The third-order valence-electron chi connectivity index (χ3n) is 4.13. The Labute approximate surface area is 136 Å². The minimum absolute atomic E-state index is 0.00426. The summed E-state index contributed by atoms with van der Waals surface area (Å²) in [6, 6.07) is 6.90. The molecule has 0 spiro atoms. The van der Waals surface area contributed by atoms with Gasteiger partial charge >= 0.3 is 10.2 Å². The fraction of sp³-hybridized carbons (Fsp3) is 0.438. The number of nitrogens with zero attached hydrogens (tertiary/aromatic N) is 2. The molecule has 3 rings (SSSR count). The van der Waals surface area contributed by atoms with Crippen LogP contribution in [0.15, 0.2) is 24.3 Å². The molecule has 7 heteroatoms. The molecule has 0 atom stereocenters. The summed E-state index contributed by atoms with van der Waals surface area (Å²) in [7, 11) is -3.53. The minimum atomic E-state index is -3.53. The molecule has 1 aliphatic heterocycles. The maximum absolute atomic E-state index is 12.5. The summed E-state index contributed by atoms with van der Waals surface area (Å²) in [5, 5.41) is 10.4.